The maximum absolute atomic E-state index is 13.4. The monoisotopic (exact) mass is 245 g/mol. The second-order valence-corrected chi connectivity index (χ2v) is 4.12. The third-order valence-corrected chi connectivity index (χ3v) is 2.53. The lowest BCUT2D eigenvalue weighted by atomic mass is 10.2. The number of ether oxygens (including phenoxy) is 1. The number of nitrogens with one attached hydrogen (secondary N) is 1. The first kappa shape index (κ1) is 12.2. The van der Waals surface area contributed by atoms with Crippen molar-refractivity contribution < 1.29 is 17.9 Å². The van der Waals surface area contributed by atoms with Crippen molar-refractivity contribution in [2.75, 3.05) is 6.61 Å². The van der Waals surface area contributed by atoms with E-state index in [0.29, 0.717) is 12.6 Å². The van der Waals surface area contributed by atoms with Crippen molar-refractivity contribution in [1.82, 2.24) is 5.32 Å². The lowest BCUT2D eigenvalue weighted by Crippen LogP contribution is -2.15. The molecular formula is C12H14F3NO. The summed E-state index contributed by atoms with van der Waals surface area (Å²) < 4.78 is 41.9. The molecule has 5 heteroatoms. The van der Waals surface area contributed by atoms with E-state index in [9.17, 15) is 13.2 Å². The van der Waals surface area contributed by atoms with Crippen LogP contribution in [0.25, 0.3) is 0 Å². The van der Waals surface area contributed by atoms with Crippen molar-refractivity contribution in [2.24, 2.45) is 0 Å². The van der Waals surface area contributed by atoms with Gasteiger partial charge < -0.3 is 10.1 Å². The van der Waals surface area contributed by atoms with Gasteiger partial charge in [0.05, 0.1) is 0 Å². The molecule has 0 unspecified atom stereocenters. The summed E-state index contributed by atoms with van der Waals surface area (Å²) in [5, 5.41) is 3.24. The minimum absolute atomic E-state index is 0.125. The Morgan fingerprint density at radius 1 is 1.35 bits per heavy atom. The van der Waals surface area contributed by atoms with E-state index in [-0.39, 0.29) is 5.75 Å². The third kappa shape index (κ3) is 3.93. The fourth-order valence-electron chi connectivity index (χ4n) is 1.47. The van der Waals surface area contributed by atoms with E-state index < -0.39 is 18.8 Å². The van der Waals surface area contributed by atoms with Crippen LogP contribution in [0.5, 0.6) is 5.75 Å². The Kier molecular flexibility index (Phi) is 3.89. The number of benzene rings is 1. The van der Waals surface area contributed by atoms with E-state index in [1.807, 2.05) is 0 Å². The van der Waals surface area contributed by atoms with E-state index in [1.165, 1.54) is 12.1 Å². The zero-order chi connectivity index (χ0) is 12.3. The van der Waals surface area contributed by atoms with E-state index in [1.54, 1.807) is 6.07 Å². The Hall–Kier alpha value is -1.23. The highest BCUT2D eigenvalue weighted by Crippen LogP contribution is 2.21. The van der Waals surface area contributed by atoms with Gasteiger partial charge in [-0.3, -0.25) is 0 Å². The first-order chi connectivity index (χ1) is 8.15. The summed E-state index contributed by atoms with van der Waals surface area (Å²) in [6.45, 7) is -0.187. The summed E-state index contributed by atoms with van der Waals surface area (Å²) in [5.74, 6) is -0.721. The maximum atomic E-state index is 13.4. The molecule has 1 aromatic carbocycles. The number of hydrogen-bond donors (Lipinski definition) is 1. The average Bonchev–Trinajstić information content (AvgIpc) is 3.08. The molecule has 0 amide bonds. The van der Waals surface area contributed by atoms with Crippen molar-refractivity contribution in [3.05, 3.63) is 29.6 Å². The average molecular weight is 245 g/mol. The summed E-state index contributed by atoms with van der Waals surface area (Å²) in [6, 6.07) is 4.93. The summed E-state index contributed by atoms with van der Waals surface area (Å²) in [5.41, 5.74) is 0.791. The minimum atomic E-state index is -2.59. The molecule has 2 nitrogen and oxygen atoms in total. The minimum Gasteiger partial charge on any atom is -0.485 e. The van der Waals surface area contributed by atoms with Gasteiger partial charge >= 0.3 is 0 Å². The standard InChI is InChI=1S/C12H14F3NO/c13-10-5-8(6-16-9-2-3-9)1-4-11(10)17-7-12(14)15/h1,4-5,9,12,16H,2-3,6-7H2. The van der Waals surface area contributed by atoms with Crippen LogP contribution in [0.4, 0.5) is 13.2 Å². The van der Waals surface area contributed by atoms with Crippen LogP contribution in [0, 0.1) is 5.82 Å². The number of hydrogen-bond acceptors (Lipinski definition) is 2. The van der Waals surface area contributed by atoms with Crippen molar-refractivity contribution in [3.63, 3.8) is 0 Å². The van der Waals surface area contributed by atoms with Gasteiger partial charge in [-0.1, -0.05) is 6.07 Å². The second-order valence-electron chi connectivity index (χ2n) is 4.12. The van der Waals surface area contributed by atoms with E-state index in [2.05, 4.69) is 10.1 Å². The molecule has 0 atom stereocenters. The lowest BCUT2D eigenvalue weighted by Gasteiger charge is -2.08. The molecule has 0 bridgehead atoms. The smallest absolute Gasteiger partial charge is 0.272 e. The van der Waals surface area contributed by atoms with Gasteiger partial charge in [0.25, 0.3) is 6.43 Å². The van der Waals surface area contributed by atoms with E-state index in [0.717, 1.165) is 18.4 Å². The van der Waals surface area contributed by atoms with Gasteiger partial charge in [-0.05, 0) is 30.5 Å². The Morgan fingerprint density at radius 3 is 2.71 bits per heavy atom. The molecule has 1 saturated carbocycles. The summed E-state index contributed by atoms with van der Waals surface area (Å²) in [7, 11) is 0. The summed E-state index contributed by atoms with van der Waals surface area (Å²) in [4.78, 5) is 0. The van der Waals surface area contributed by atoms with Crippen LogP contribution in [0.3, 0.4) is 0 Å². The molecule has 17 heavy (non-hydrogen) atoms. The van der Waals surface area contributed by atoms with Crippen LogP contribution < -0.4 is 10.1 Å². The van der Waals surface area contributed by atoms with Gasteiger partial charge in [0.2, 0.25) is 0 Å². The van der Waals surface area contributed by atoms with Crippen LogP contribution in [0.2, 0.25) is 0 Å². The Bertz CT molecular complexity index is 380. The van der Waals surface area contributed by atoms with Gasteiger partial charge in [0, 0.05) is 12.6 Å². The Morgan fingerprint density at radius 2 is 2.12 bits per heavy atom. The Balaban J connectivity index is 1.90. The molecule has 0 radical (unpaired) electrons. The molecule has 94 valence electrons. The molecule has 2 rings (SSSR count). The normalized spacial score (nSPS) is 15.3. The molecule has 0 saturated heterocycles. The quantitative estimate of drug-likeness (QED) is 0.832. The maximum Gasteiger partial charge on any atom is 0.272 e. The predicted octanol–water partition coefficient (Wildman–Crippen LogP) is 2.72. The molecule has 1 fully saturated rings. The molecule has 1 aromatic rings. The van der Waals surface area contributed by atoms with Gasteiger partial charge in [-0.15, -0.1) is 0 Å². The Labute approximate surface area is 97.8 Å². The van der Waals surface area contributed by atoms with E-state index in [4.69, 9.17) is 0 Å². The number of halogens is 3. The van der Waals surface area contributed by atoms with Crippen molar-refractivity contribution in [1.29, 1.82) is 0 Å². The molecule has 1 aliphatic carbocycles. The second kappa shape index (κ2) is 5.40. The highest BCUT2D eigenvalue weighted by Gasteiger charge is 2.20. The summed E-state index contributed by atoms with van der Waals surface area (Å²) >= 11 is 0. The first-order valence-corrected chi connectivity index (χ1v) is 5.58. The molecule has 0 aromatic heterocycles. The van der Waals surface area contributed by atoms with Crippen molar-refractivity contribution in [2.45, 2.75) is 31.9 Å². The van der Waals surface area contributed by atoms with Crippen LogP contribution in [-0.2, 0) is 6.54 Å². The summed E-state index contributed by atoms with van der Waals surface area (Å²) in [6.07, 6.45) is -0.263. The van der Waals surface area contributed by atoms with Crippen LogP contribution in [0.15, 0.2) is 18.2 Å². The number of rotatable bonds is 6. The molecular weight excluding hydrogens is 231 g/mol. The zero-order valence-electron chi connectivity index (χ0n) is 9.26. The van der Waals surface area contributed by atoms with Crippen LogP contribution >= 0.6 is 0 Å². The highest BCUT2D eigenvalue weighted by molar-refractivity contribution is 5.29. The molecule has 0 heterocycles. The van der Waals surface area contributed by atoms with Crippen LogP contribution in [0.1, 0.15) is 18.4 Å². The van der Waals surface area contributed by atoms with Crippen molar-refractivity contribution in [3.8, 4) is 5.75 Å². The molecule has 0 aliphatic heterocycles. The fraction of sp³-hybridized carbons (Fsp3) is 0.500. The van der Waals surface area contributed by atoms with Gasteiger partial charge in [-0.2, -0.15) is 0 Å². The SMILES string of the molecule is Fc1cc(CNC2CC2)ccc1OCC(F)F. The lowest BCUT2D eigenvalue weighted by molar-refractivity contribution is 0.0799. The topological polar surface area (TPSA) is 21.3 Å². The predicted molar refractivity (Wildman–Crippen MR) is 57.8 cm³/mol. The number of alkyl halides is 2. The largest absolute Gasteiger partial charge is 0.485 e. The zero-order valence-corrected chi connectivity index (χ0v) is 9.26. The molecule has 1 aliphatic rings. The fourth-order valence-corrected chi connectivity index (χ4v) is 1.47. The first-order valence-electron chi connectivity index (χ1n) is 5.58. The van der Waals surface area contributed by atoms with E-state index >= 15 is 0 Å². The highest BCUT2D eigenvalue weighted by atomic mass is 19.3. The van der Waals surface area contributed by atoms with Gasteiger partial charge in [0.1, 0.15) is 6.61 Å². The third-order valence-electron chi connectivity index (χ3n) is 2.53. The molecule has 0 spiro atoms. The van der Waals surface area contributed by atoms with Gasteiger partial charge in [0.15, 0.2) is 11.6 Å². The van der Waals surface area contributed by atoms with Crippen LogP contribution in [-0.4, -0.2) is 19.1 Å². The van der Waals surface area contributed by atoms with Gasteiger partial charge in [-0.25, -0.2) is 13.2 Å². The molecule has 1 N–H and O–H groups in total. The van der Waals surface area contributed by atoms with Crippen molar-refractivity contribution >= 4 is 0 Å².